The number of hydrogen-bond donors (Lipinski definition) is 0. The highest BCUT2D eigenvalue weighted by Gasteiger charge is 2.06. The molecule has 1 aromatic rings. The quantitative estimate of drug-likeness (QED) is 0.746. The molecule has 0 N–H and O–H groups in total. The van der Waals surface area contributed by atoms with Gasteiger partial charge in [-0.05, 0) is 34.1 Å². The van der Waals surface area contributed by atoms with Gasteiger partial charge in [0.25, 0.3) is 0 Å². The van der Waals surface area contributed by atoms with Gasteiger partial charge in [-0.2, -0.15) is 5.26 Å². The third-order valence-electron chi connectivity index (χ3n) is 1.49. The van der Waals surface area contributed by atoms with E-state index in [1.165, 1.54) is 0 Å². The molecule has 0 spiro atoms. The number of nitriles is 1. The van der Waals surface area contributed by atoms with Crippen molar-refractivity contribution in [3.63, 3.8) is 0 Å². The summed E-state index contributed by atoms with van der Waals surface area (Å²) in [5.74, 6) is -0.0867. The Morgan fingerprint density at radius 1 is 1.62 bits per heavy atom. The van der Waals surface area contributed by atoms with Gasteiger partial charge in [-0.15, -0.1) is 0 Å². The zero-order chi connectivity index (χ0) is 9.84. The second-order valence-electron chi connectivity index (χ2n) is 2.31. The molecule has 4 heteroatoms. The fourth-order valence-corrected chi connectivity index (χ4v) is 1.45. The predicted octanol–water partition coefficient (Wildman–Crippen LogP) is 3.19. The molecule has 0 radical (unpaired) electrons. The maximum absolute atomic E-state index is 11.7. The molecule has 1 rings (SSSR count). The Morgan fingerprint density at radius 2 is 2.31 bits per heavy atom. The highest BCUT2D eigenvalue weighted by atomic mass is 79.9. The normalized spacial score (nSPS) is 9.00. The molecule has 0 aliphatic carbocycles. The van der Waals surface area contributed by atoms with Crippen LogP contribution in [0.4, 0.5) is 4.53 Å². The fourth-order valence-electron chi connectivity index (χ4n) is 0.852. The van der Waals surface area contributed by atoms with E-state index in [0.29, 0.717) is 15.6 Å². The average molecular weight is 242 g/mol. The third kappa shape index (κ3) is 2.07. The summed E-state index contributed by atoms with van der Waals surface area (Å²) in [6, 6.07) is 6.65. The molecule has 13 heavy (non-hydrogen) atoms. The van der Waals surface area contributed by atoms with Crippen molar-refractivity contribution in [2.24, 2.45) is 0 Å². The van der Waals surface area contributed by atoms with E-state index in [0.717, 1.165) is 0 Å². The summed E-state index contributed by atoms with van der Waals surface area (Å²) in [4.78, 5) is 3.48. The minimum atomic E-state index is -0.0867. The van der Waals surface area contributed by atoms with Crippen LogP contribution in [0.15, 0.2) is 29.3 Å². The Kier molecular flexibility index (Phi) is 3.04. The summed E-state index contributed by atoms with van der Waals surface area (Å²) in [5, 5.41) is 8.55. The molecule has 0 bridgehead atoms. The van der Waals surface area contributed by atoms with E-state index < -0.39 is 0 Å². The molecule has 0 atom stereocenters. The van der Waals surface area contributed by atoms with Crippen LogP contribution < -0.4 is 0 Å². The summed E-state index contributed by atoms with van der Waals surface area (Å²) in [6.07, 6.45) is 0. The van der Waals surface area contributed by atoms with Crippen LogP contribution in [0.5, 0.6) is 0 Å². The summed E-state index contributed by atoms with van der Waals surface area (Å²) in [6.45, 7) is 3.35. The number of nitrogens with zero attached hydrogens (tertiary/aromatic N) is 1. The number of hydrogen-bond acceptors (Lipinski definition) is 2. The first-order valence-corrected chi connectivity index (χ1v) is 4.16. The minimum absolute atomic E-state index is 0.0867. The highest BCUT2D eigenvalue weighted by Crippen LogP contribution is 2.25. The lowest BCUT2D eigenvalue weighted by atomic mass is 10.1. The van der Waals surface area contributed by atoms with Crippen molar-refractivity contribution in [3.05, 3.63) is 40.4 Å². The molecule has 0 amide bonds. The first-order chi connectivity index (χ1) is 6.19. The van der Waals surface area contributed by atoms with Gasteiger partial charge in [-0.3, -0.25) is 4.94 Å². The van der Waals surface area contributed by atoms with Crippen LogP contribution in [0.25, 0.3) is 5.76 Å². The van der Waals surface area contributed by atoms with Crippen molar-refractivity contribution in [2.45, 2.75) is 0 Å². The maximum Gasteiger partial charge on any atom is 0.173 e. The number of benzene rings is 1. The number of rotatable bonds is 2. The summed E-state index contributed by atoms with van der Waals surface area (Å²) in [5.41, 5.74) is 0.976. The van der Waals surface area contributed by atoms with Gasteiger partial charge >= 0.3 is 0 Å². The molecule has 0 saturated carbocycles. The van der Waals surface area contributed by atoms with E-state index in [-0.39, 0.29) is 5.76 Å². The molecule has 0 aromatic heterocycles. The van der Waals surface area contributed by atoms with Crippen LogP contribution in [0.1, 0.15) is 11.1 Å². The Morgan fingerprint density at radius 3 is 2.77 bits per heavy atom. The van der Waals surface area contributed by atoms with Gasteiger partial charge in [-0.25, -0.2) is 0 Å². The lowest BCUT2D eigenvalue weighted by Gasteiger charge is -2.02. The summed E-state index contributed by atoms with van der Waals surface area (Å²) < 4.78 is 12.3. The lowest BCUT2D eigenvalue weighted by molar-refractivity contribution is -0.0417. The van der Waals surface area contributed by atoms with Gasteiger partial charge in [0.2, 0.25) is 0 Å². The van der Waals surface area contributed by atoms with Gasteiger partial charge in [-0.1, -0.05) is 6.58 Å². The second kappa shape index (κ2) is 4.06. The molecule has 0 unspecified atom stereocenters. The summed E-state index contributed by atoms with van der Waals surface area (Å²) >= 11 is 3.17. The van der Waals surface area contributed by atoms with Crippen LogP contribution >= 0.6 is 15.9 Å². The van der Waals surface area contributed by atoms with Gasteiger partial charge < -0.3 is 0 Å². The molecule has 0 aliphatic heterocycles. The van der Waals surface area contributed by atoms with Crippen LogP contribution in [0, 0.1) is 11.3 Å². The molecule has 0 aliphatic rings. The van der Waals surface area contributed by atoms with E-state index in [4.69, 9.17) is 5.26 Å². The van der Waals surface area contributed by atoms with Crippen LogP contribution in [0.3, 0.4) is 0 Å². The fraction of sp³-hybridized carbons (Fsp3) is 0. The maximum atomic E-state index is 11.7. The Bertz CT molecular complexity index is 384. The Hall–Kier alpha value is -1.34. The largest absolute Gasteiger partial charge is 0.294 e. The average Bonchev–Trinajstić information content (AvgIpc) is 2.16. The smallest absolute Gasteiger partial charge is 0.173 e. The van der Waals surface area contributed by atoms with Crippen molar-refractivity contribution >= 4 is 21.7 Å². The molecule has 0 fully saturated rings. The van der Waals surface area contributed by atoms with E-state index >= 15 is 0 Å². The molecule has 0 heterocycles. The minimum Gasteiger partial charge on any atom is -0.294 e. The predicted molar refractivity (Wildman–Crippen MR) is 50.1 cm³/mol. The Labute approximate surface area is 83.3 Å². The van der Waals surface area contributed by atoms with Gasteiger partial charge in [0, 0.05) is 14.6 Å². The lowest BCUT2D eigenvalue weighted by Crippen LogP contribution is -1.86. The highest BCUT2D eigenvalue weighted by molar-refractivity contribution is 9.10. The second-order valence-corrected chi connectivity index (χ2v) is 3.16. The van der Waals surface area contributed by atoms with Crippen LogP contribution in [0.2, 0.25) is 0 Å². The van der Waals surface area contributed by atoms with Crippen molar-refractivity contribution < 1.29 is 9.47 Å². The Balaban J connectivity index is 3.14. The van der Waals surface area contributed by atoms with Crippen molar-refractivity contribution in [1.29, 1.82) is 5.26 Å². The van der Waals surface area contributed by atoms with Gasteiger partial charge in [0.15, 0.2) is 5.76 Å². The summed E-state index contributed by atoms with van der Waals surface area (Å²) in [7, 11) is 0. The first-order valence-electron chi connectivity index (χ1n) is 3.36. The van der Waals surface area contributed by atoms with E-state index in [2.05, 4.69) is 27.5 Å². The molecular formula is C9H5BrFNO. The zero-order valence-electron chi connectivity index (χ0n) is 6.55. The molecule has 2 nitrogen and oxygen atoms in total. The van der Waals surface area contributed by atoms with Gasteiger partial charge in [0.05, 0.1) is 11.6 Å². The van der Waals surface area contributed by atoms with Gasteiger partial charge in [0.1, 0.15) is 0 Å². The van der Waals surface area contributed by atoms with E-state index in [1.807, 2.05) is 6.07 Å². The van der Waals surface area contributed by atoms with Crippen molar-refractivity contribution in [3.8, 4) is 6.07 Å². The van der Waals surface area contributed by atoms with E-state index in [9.17, 15) is 4.53 Å². The van der Waals surface area contributed by atoms with Crippen molar-refractivity contribution in [2.75, 3.05) is 0 Å². The standard InChI is InChI=1S/C9H5BrFNO/c1-6(13-11)8-3-2-7(5-12)4-9(8)10/h2-4H,1H2. The topological polar surface area (TPSA) is 33.0 Å². The SMILES string of the molecule is C=C(OF)c1ccc(C#N)cc1Br. The van der Waals surface area contributed by atoms with Crippen LogP contribution in [-0.4, -0.2) is 0 Å². The zero-order valence-corrected chi connectivity index (χ0v) is 8.14. The van der Waals surface area contributed by atoms with E-state index in [1.54, 1.807) is 18.2 Å². The monoisotopic (exact) mass is 241 g/mol. The van der Waals surface area contributed by atoms with Crippen LogP contribution in [-0.2, 0) is 4.94 Å². The van der Waals surface area contributed by atoms with Crippen molar-refractivity contribution in [1.82, 2.24) is 0 Å². The first kappa shape index (κ1) is 9.75. The number of halogens is 2. The molecule has 1 aromatic carbocycles. The molecular weight excluding hydrogens is 237 g/mol. The third-order valence-corrected chi connectivity index (χ3v) is 2.15. The molecule has 0 saturated heterocycles. The molecule has 66 valence electrons.